The molecule has 1 heterocycles. The van der Waals surface area contributed by atoms with E-state index in [0.717, 1.165) is 42.4 Å². The summed E-state index contributed by atoms with van der Waals surface area (Å²) in [7, 11) is -1.61. The zero-order valence-electron chi connectivity index (χ0n) is 18.4. The van der Waals surface area contributed by atoms with E-state index in [0.29, 0.717) is 18.2 Å². The van der Waals surface area contributed by atoms with Gasteiger partial charge in [0.05, 0.1) is 18.0 Å². The Labute approximate surface area is 207 Å². The molecule has 1 spiro atoms. The summed E-state index contributed by atoms with van der Waals surface area (Å²) in [4.78, 5) is 4.40. The van der Waals surface area contributed by atoms with Crippen LogP contribution in [0.5, 0.6) is 5.75 Å². The zero-order valence-corrected chi connectivity index (χ0v) is 21.6. The van der Waals surface area contributed by atoms with Crippen LogP contribution in [0.3, 0.4) is 0 Å². The molecular weight excluding hydrogens is 539 g/mol. The van der Waals surface area contributed by atoms with Crippen LogP contribution in [0.25, 0.3) is 0 Å². The second-order valence-electron chi connectivity index (χ2n) is 8.39. The second kappa shape index (κ2) is 10.3. The molecule has 0 bridgehead atoms. The Kier molecular flexibility index (Phi) is 7.92. The maximum atomic E-state index is 11.7. The standard InChI is InChI=1S/C23H30N4O3S.HI/c1-24-22(25-16-17-9-3-5-11-19(17)27-31(2,28)29)26-20-15-23(13-7-8-14-23)30-21-12-6-4-10-18(20)21;/h3-6,9-12,20,27H,7-8,13-16H2,1-2H3,(H2,24,25,26);1H. The molecule has 0 radical (unpaired) electrons. The number of rotatable bonds is 5. The maximum absolute atomic E-state index is 11.7. The van der Waals surface area contributed by atoms with E-state index in [1.54, 1.807) is 13.1 Å². The van der Waals surface area contributed by atoms with E-state index < -0.39 is 10.0 Å². The van der Waals surface area contributed by atoms with Crippen molar-refractivity contribution in [3.05, 3.63) is 59.7 Å². The molecule has 2 aromatic carbocycles. The molecule has 1 atom stereocenters. The van der Waals surface area contributed by atoms with Gasteiger partial charge in [0.15, 0.2) is 5.96 Å². The fraction of sp³-hybridized carbons (Fsp3) is 0.435. The molecule has 1 unspecified atom stereocenters. The Balaban J connectivity index is 0.00000289. The summed E-state index contributed by atoms with van der Waals surface area (Å²) in [6, 6.07) is 15.6. The maximum Gasteiger partial charge on any atom is 0.229 e. The number of benzene rings is 2. The first-order valence-corrected chi connectivity index (χ1v) is 12.6. The van der Waals surface area contributed by atoms with Gasteiger partial charge < -0.3 is 15.4 Å². The summed E-state index contributed by atoms with van der Waals surface area (Å²) in [5.74, 6) is 1.62. The lowest BCUT2D eigenvalue weighted by atomic mass is 9.86. The molecule has 1 aliphatic carbocycles. The summed E-state index contributed by atoms with van der Waals surface area (Å²) in [5.41, 5.74) is 2.45. The zero-order chi connectivity index (χ0) is 21.9. The second-order valence-corrected chi connectivity index (χ2v) is 10.1. The molecule has 1 saturated carbocycles. The van der Waals surface area contributed by atoms with Crippen LogP contribution in [0.2, 0.25) is 0 Å². The molecule has 0 saturated heterocycles. The Morgan fingerprint density at radius 1 is 1.12 bits per heavy atom. The Morgan fingerprint density at radius 3 is 2.53 bits per heavy atom. The van der Waals surface area contributed by atoms with Gasteiger partial charge in [-0.15, -0.1) is 24.0 Å². The molecule has 0 amide bonds. The summed E-state index contributed by atoms with van der Waals surface area (Å²) in [5, 5.41) is 6.90. The molecule has 1 aliphatic heterocycles. The Bertz CT molecular complexity index is 1070. The van der Waals surface area contributed by atoms with Crippen LogP contribution in [0.15, 0.2) is 53.5 Å². The third-order valence-corrected chi connectivity index (χ3v) is 6.60. The third-order valence-electron chi connectivity index (χ3n) is 6.01. The number of fused-ring (bicyclic) bond motifs is 1. The molecule has 0 aromatic heterocycles. The first-order chi connectivity index (χ1) is 14.9. The number of hydrogen-bond acceptors (Lipinski definition) is 4. The van der Waals surface area contributed by atoms with E-state index in [1.807, 2.05) is 36.4 Å². The van der Waals surface area contributed by atoms with E-state index in [-0.39, 0.29) is 35.6 Å². The topological polar surface area (TPSA) is 91.8 Å². The minimum atomic E-state index is -3.35. The lowest BCUT2D eigenvalue weighted by molar-refractivity contribution is 0.0396. The van der Waals surface area contributed by atoms with E-state index in [9.17, 15) is 8.42 Å². The SMILES string of the molecule is CN=C(NCc1ccccc1NS(C)(=O)=O)NC1CC2(CCCC2)Oc2ccccc21.I. The van der Waals surface area contributed by atoms with Crippen LogP contribution >= 0.6 is 24.0 Å². The van der Waals surface area contributed by atoms with Gasteiger partial charge >= 0.3 is 0 Å². The van der Waals surface area contributed by atoms with Gasteiger partial charge in [-0.2, -0.15) is 0 Å². The predicted octanol–water partition coefficient (Wildman–Crippen LogP) is 4.18. The van der Waals surface area contributed by atoms with Gasteiger partial charge in [-0.05, 0) is 43.4 Å². The number of anilines is 1. The highest BCUT2D eigenvalue weighted by molar-refractivity contribution is 14.0. The molecule has 3 N–H and O–H groups in total. The predicted molar refractivity (Wildman–Crippen MR) is 139 cm³/mol. The van der Waals surface area contributed by atoms with E-state index in [4.69, 9.17) is 4.74 Å². The van der Waals surface area contributed by atoms with Gasteiger partial charge in [-0.1, -0.05) is 36.4 Å². The summed E-state index contributed by atoms with van der Waals surface area (Å²) in [6.07, 6.45) is 6.61. The fourth-order valence-corrected chi connectivity index (χ4v) is 5.18. The van der Waals surface area contributed by atoms with Crippen molar-refractivity contribution in [2.75, 3.05) is 18.0 Å². The van der Waals surface area contributed by atoms with Crippen molar-refractivity contribution in [3.63, 3.8) is 0 Å². The lowest BCUT2D eigenvalue weighted by Crippen LogP contribution is -2.46. The quantitative estimate of drug-likeness (QED) is 0.285. The van der Waals surface area contributed by atoms with Gasteiger partial charge in [-0.3, -0.25) is 9.71 Å². The van der Waals surface area contributed by atoms with Crippen LogP contribution in [0, 0.1) is 0 Å². The van der Waals surface area contributed by atoms with Crippen LogP contribution < -0.4 is 20.1 Å². The highest BCUT2D eigenvalue weighted by Crippen LogP contribution is 2.46. The van der Waals surface area contributed by atoms with Gasteiger partial charge in [0, 0.05) is 25.6 Å². The number of aliphatic imine (C=N–C) groups is 1. The van der Waals surface area contributed by atoms with Gasteiger partial charge in [0.2, 0.25) is 10.0 Å². The van der Waals surface area contributed by atoms with Crippen molar-refractivity contribution in [2.24, 2.45) is 4.99 Å². The number of nitrogens with zero attached hydrogens (tertiary/aromatic N) is 1. The normalized spacial score (nSPS) is 19.4. The van der Waals surface area contributed by atoms with E-state index in [2.05, 4.69) is 26.4 Å². The molecule has 32 heavy (non-hydrogen) atoms. The summed E-state index contributed by atoms with van der Waals surface area (Å²) < 4.78 is 32.4. The minimum absolute atomic E-state index is 0. The van der Waals surface area contributed by atoms with Crippen LogP contribution in [-0.2, 0) is 16.6 Å². The van der Waals surface area contributed by atoms with Crippen molar-refractivity contribution in [2.45, 2.75) is 50.3 Å². The van der Waals surface area contributed by atoms with E-state index >= 15 is 0 Å². The molecule has 9 heteroatoms. The minimum Gasteiger partial charge on any atom is -0.487 e. The summed E-state index contributed by atoms with van der Waals surface area (Å²) in [6.45, 7) is 0.439. The van der Waals surface area contributed by atoms with E-state index in [1.165, 1.54) is 12.8 Å². The van der Waals surface area contributed by atoms with Crippen LogP contribution in [0.1, 0.15) is 49.3 Å². The molecule has 4 rings (SSSR count). The molecule has 2 aromatic rings. The van der Waals surface area contributed by atoms with Crippen molar-refractivity contribution in [1.82, 2.24) is 10.6 Å². The molecule has 7 nitrogen and oxygen atoms in total. The highest BCUT2D eigenvalue weighted by Gasteiger charge is 2.43. The highest BCUT2D eigenvalue weighted by atomic mass is 127. The Morgan fingerprint density at radius 2 is 1.81 bits per heavy atom. The molecular formula is C23H31IN4O3S. The van der Waals surface area contributed by atoms with Gasteiger partial charge in [0.25, 0.3) is 0 Å². The smallest absolute Gasteiger partial charge is 0.229 e. The average Bonchev–Trinajstić information content (AvgIpc) is 3.18. The van der Waals surface area contributed by atoms with Crippen molar-refractivity contribution in [3.8, 4) is 5.75 Å². The number of nitrogens with one attached hydrogen (secondary N) is 3. The Hall–Kier alpha value is -2.01. The van der Waals surface area contributed by atoms with Crippen LogP contribution in [0.4, 0.5) is 5.69 Å². The molecule has 2 aliphatic rings. The van der Waals surface area contributed by atoms with Gasteiger partial charge in [0.1, 0.15) is 11.4 Å². The van der Waals surface area contributed by atoms with Crippen LogP contribution in [-0.4, -0.2) is 33.3 Å². The largest absolute Gasteiger partial charge is 0.487 e. The number of sulfonamides is 1. The van der Waals surface area contributed by atoms with Gasteiger partial charge in [-0.25, -0.2) is 8.42 Å². The van der Waals surface area contributed by atoms with Crippen molar-refractivity contribution < 1.29 is 13.2 Å². The number of guanidine groups is 1. The third kappa shape index (κ3) is 5.86. The average molecular weight is 570 g/mol. The number of ether oxygens (including phenoxy) is 1. The number of halogens is 1. The monoisotopic (exact) mass is 570 g/mol. The molecule has 174 valence electrons. The first kappa shape index (κ1) is 24.6. The number of para-hydroxylation sites is 2. The first-order valence-electron chi connectivity index (χ1n) is 10.7. The molecule has 1 fully saturated rings. The van der Waals surface area contributed by atoms with Crippen molar-refractivity contribution in [1.29, 1.82) is 0 Å². The summed E-state index contributed by atoms with van der Waals surface area (Å²) >= 11 is 0. The lowest BCUT2D eigenvalue weighted by Gasteiger charge is -2.40. The number of hydrogen-bond donors (Lipinski definition) is 3. The van der Waals surface area contributed by atoms with Crippen molar-refractivity contribution >= 4 is 45.6 Å². The fourth-order valence-electron chi connectivity index (χ4n) is 4.58.